The minimum absolute atomic E-state index is 0.0313. The average molecular weight is 465 g/mol. The van der Waals surface area contributed by atoms with E-state index in [1.807, 2.05) is 46.5 Å². The number of aromatic nitrogens is 3. The van der Waals surface area contributed by atoms with Crippen LogP contribution in [0.15, 0.2) is 35.1 Å². The Morgan fingerprint density at radius 2 is 1.82 bits per heavy atom. The molecule has 0 unspecified atom stereocenters. The van der Waals surface area contributed by atoms with Crippen molar-refractivity contribution < 1.29 is 14.0 Å². The van der Waals surface area contributed by atoms with Crippen molar-refractivity contribution in [3.8, 4) is 11.5 Å². The molecule has 2 fully saturated rings. The molecule has 9 nitrogen and oxygen atoms in total. The van der Waals surface area contributed by atoms with E-state index in [-0.39, 0.29) is 17.9 Å². The van der Waals surface area contributed by atoms with E-state index < -0.39 is 0 Å². The van der Waals surface area contributed by atoms with E-state index in [1.54, 1.807) is 12.5 Å². The lowest BCUT2D eigenvalue weighted by Crippen LogP contribution is -2.41. The standard InChI is InChI=1S/C25H32N6O3/c1-18(2)31-24-20(16-26-31)19(15-21(27-24)22-7-5-14-34-22)25(33)30-11-6-8-28(12-13-30)17-23(32)29-9-3-4-10-29/h5,7,14-16,18H,3-4,6,8-13,17H2,1-2H3. The van der Waals surface area contributed by atoms with Gasteiger partial charge in [0.05, 0.1) is 30.0 Å². The molecule has 34 heavy (non-hydrogen) atoms. The SMILES string of the molecule is CC(C)n1ncc2c(C(=O)N3CCCN(CC(=O)N4CCCC4)CC3)cc(-c3ccco3)nc21. The van der Waals surface area contributed by atoms with E-state index in [0.717, 1.165) is 44.3 Å². The van der Waals surface area contributed by atoms with Crippen molar-refractivity contribution in [3.05, 3.63) is 36.2 Å². The van der Waals surface area contributed by atoms with Gasteiger partial charge in [0, 0.05) is 45.3 Å². The minimum atomic E-state index is -0.0313. The maximum atomic E-state index is 13.7. The highest BCUT2D eigenvalue weighted by atomic mass is 16.3. The first-order chi connectivity index (χ1) is 16.5. The molecule has 9 heteroatoms. The highest BCUT2D eigenvalue weighted by Gasteiger charge is 2.27. The summed E-state index contributed by atoms with van der Waals surface area (Å²) in [5.41, 5.74) is 1.89. The van der Waals surface area contributed by atoms with Gasteiger partial charge in [0.2, 0.25) is 5.91 Å². The lowest BCUT2D eigenvalue weighted by Gasteiger charge is -2.24. The fourth-order valence-electron chi connectivity index (χ4n) is 4.88. The van der Waals surface area contributed by atoms with Crippen molar-refractivity contribution in [2.75, 3.05) is 45.8 Å². The molecule has 2 aliphatic rings. The minimum Gasteiger partial charge on any atom is -0.463 e. The molecule has 2 amide bonds. The van der Waals surface area contributed by atoms with Gasteiger partial charge in [0.25, 0.3) is 5.91 Å². The summed E-state index contributed by atoms with van der Waals surface area (Å²) in [5.74, 6) is 0.795. The number of pyridine rings is 1. The maximum Gasteiger partial charge on any atom is 0.254 e. The second kappa shape index (κ2) is 9.58. The van der Waals surface area contributed by atoms with Crippen LogP contribution in [0.3, 0.4) is 0 Å². The molecule has 0 radical (unpaired) electrons. The highest BCUT2D eigenvalue weighted by molar-refractivity contribution is 6.06. The molecule has 180 valence electrons. The van der Waals surface area contributed by atoms with Gasteiger partial charge in [-0.2, -0.15) is 5.10 Å². The smallest absolute Gasteiger partial charge is 0.254 e. The second-order valence-corrected chi connectivity index (χ2v) is 9.46. The van der Waals surface area contributed by atoms with E-state index in [4.69, 9.17) is 9.40 Å². The largest absolute Gasteiger partial charge is 0.463 e. The summed E-state index contributed by atoms with van der Waals surface area (Å²) in [6.45, 7) is 9.02. The van der Waals surface area contributed by atoms with E-state index in [1.165, 1.54) is 0 Å². The molecule has 0 spiro atoms. The number of carbonyl (C=O) groups is 2. The topological polar surface area (TPSA) is 87.7 Å². The molecule has 0 aromatic carbocycles. The van der Waals surface area contributed by atoms with E-state index in [9.17, 15) is 9.59 Å². The molecule has 5 heterocycles. The van der Waals surface area contributed by atoms with Crippen LogP contribution in [0.1, 0.15) is 49.5 Å². The molecule has 5 rings (SSSR count). The van der Waals surface area contributed by atoms with E-state index in [2.05, 4.69) is 10.00 Å². The normalized spacial score (nSPS) is 17.6. The summed E-state index contributed by atoms with van der Waals surface area (Å²) in [5, 5.41) is 5.26. The Hall–Kier alpha value is -3.20. The van der Waals surface area contributed by atoms with Gasteiger partial charge in [0.15, 0.2) is 11.4 Å². The van der Waals surface area contributed by atoms with Crippen LogP contribution in [0.25, 0.3) is 22.5 Å². The number of hydrogen-bond donors (Lipinski definition) is 0. The predicted molar refractivity (Wildman–Crippen MR) is 128 cm³/mol. The number of hydrogen-bond acceptors (Lipinski definition) is 6. The number of nitrogens with zero attached hydrogens (tertiary/aromatic N) is 6. The van der Waals surface area contributed by atoms with Crippen LogP contribution >= 0.6 is 0 Å². The van der Waals surface area contributed by atoms with Crippen LogP contribution in [0.4, 0.5) is 0 Å². The molecule has 2 saturated heterocycles. The Labute approximate surface area is 199 Å². The van der Waals surface area contributed by atoms with Gasteiger partial charge in [-0.1, -0.05) is 0 Å². The molecule has 0 atom stereocenters. The number of carbonyl (C=O) groups excluding carboxylic acids is 2. The quantitative estimate of drug-likeness (QED) is 0.577. The summed E-state index contributed by atoms with van der Waals surface area (Å²) in [4.78, 5) is 37.2. The van der Waals surface area contributed by atoms with Gasteiger partial charge in [-0.05, 0) is 51.3 Å². The van der Waals surface area contributed by atoms with Crippen LogP contribution in [-0.4, -0.2) is 87.1 Å². The third-order valence-electron chi connectivity index (χ3n) is 6.75. The van der Waals surface area contributed by atoms with Gasteiger partial charge < -0.3 is 14.2 Å². The highest BCUT2D eigenvalue weighted by Crippen LogP contribution is 2.28. The molecule has 3 aromatic rings. The Morgan fingerprint density at radius 3 is 2.56 bits per heavy atom. The second-order valence-electron chi connectivity index (χ2n) is 9.46. The lowest BCUT2D eigenvalue weighted by molar-refractivity contribution is -0.131. The van der Waals surface area contributed by atoms with Crippen molar-refractivity contribution in [2.24, 2.45) is 0 Å². The Kier molecular flexibility index (Phi) is 6.36. The molecule has 2 aliphatic heterocycles. The van der Waals surface area contributed by atoms with Gasteiger partial charge in [-0.15, -0.1) is 0 Å². The zero-order valence-corrected chi connectivity index (χ0v) is 19.9. The summed E-state index contributed by atoms with van der Waals surface area (Å²) in [7, 11) is 0. The zero-order valence-electron chi connectivity index (χ0n) is 19.9. The monoisotopic (exact) mass is 464 g/mol. The number of amides is 2. The van der Waals surface area contributed by atoms with Crippen molar-refractivity contribution in [1.29, 1.82) is 0 Å². The van der Waals surface area contributed by atoms with Gasteiger partial charge in [0.1, 0.15) is 5.69 Å². The molecule has 0 aliphatic carbocycles. The zero-order chi connectivity index (χ0) is 23.7. The van der Waals surface area contributed by atoms with Crippen molar-refractivity contribution in [3.63, 3.8) is 0 Å². The van der Waals surface area contributed by atoms with Crippen LogP contribution in [-0.2, 0) is 4.79 Å². The third-order valence-corrected chi connectivity index (χ3v) is 6.75. The third kappa shape index (κ3) is 4.44. The lowest BCUT2D eigenvalue weighted by atomic mass is 10.1. The molecular weight excluding hydrogens is 432 g/mol. The van der Waals surface area contributed by atoms with E-state index in [0.29, 0.717) is 48.8 Å². The first-order valence-electron chi connectivity index (χ1n) is 12.2. The fourth-order valence-corrected chi connectivity index (χ4v) is 4.88. The van der Waals surface area contributed by atoms with Crippen molar-refractivity contribution in [2.45, 2.75) is 39.2 Å². The molecule has 0 N–H and O–H groups in total. The van der Waals surface area contributed by atoms with Gasteiger partial charge in [-0.3, -0.25) is 14.5 Å². The van der Waals surface area contributed by atoms with Gasteiger partial charge in [-0.25, -0.2) is 9.67 Å². The first kappa shape index (κ1) is 22.6. The van der Waals surface area contributed by atoms with E-state index >= 15 is 0 Å². The predicted octanol–water partition coefficient (Wildman–Crippen LogP) is 3.04. The number of rotatable bonds is 5. The van der Waals surface area contributed by atoms with Crippen LogP contribution < -0.4 is 0 Å². The molecule has 0 saturated carbocycles. The summed E-state index contributed by atoms with van der Waals surface area (Å²) < 4.78 is 7.42. The number of furan rings is 1. The van der Waals surface area contributed by atoms with Crippen LogP contribution in [0.5, 0.6) is 0 Å². The molecule has 3 aromatic heterocycles. The first-order valence-corrected chi connectivity index (χ1v) is 12.2. The van der Waals surface area contributed by atoms with Crippen molar-refractivity contribution in [1.82, 2.24) is 29.5 Å². The Morgan fingerprint density at radius 1 is 1.03 bits per heavy atom. The fraction of sp³-hybridized carbons (Fsp3) is 0.520. The summed E-state index contributed by atoms with van der Waals surface area (Å²) in [6.07, 6.45) is 6.38. The van der Waals surface area contributed by atoms with Crippen LogP contribution in [0, 0.1) is 0 Å². The molecule has 0 bridgehead atoms. The average Bonchev–Trinajstić information content (AvgIpc) is 3.58. The Bertz CT molecular complexity index is 1160. The Balaban J connectivity index is 1.38. The van der Waals surface area contributed by atoms with Crippen molar-refractivity contribution >= 4 is 22.8 Å². The summed E-state index contributed by atoms with van der Waals surface area (Å²) >= 11 is 0. The summed E-state index contributed by atoms with van der Waals surface area (Å²) in [6, 6.07) is 5.59. The maximum absolute atomic E-state index is 13.7. The number of fused-ring (bicyclic) bond motifs is 1. The van der Waals surface area contributed by atoms with Gasteiger partial charge >= 0.3 is 0 Å². The molecular formula is C25H32N6O3. The number of likely N-dealkylation sites (tertiary alicyclic amines) is 1. The van der Waals surface area contributed by atoms with Crippen LogP contribution in [0.2, 0.25) is 0 Å².